The van der Waals surface area contributed by atoms with Gasteiger partial charge in [0.1, 0.15) is 24.4 Å². The molecule has 434 valence electrons. The highest BCUT2D eigenvalue weighted by Gasteiger charge is 2.44. The Hall–Kier alpha value is -2.63. The molecule has 1 rings (SSSR count). The van der Waals surface area contributed by atoms with Crippen molar-refractivity contribution in [2.75, 3.05) is 13.2 Å². The second-order valence-corrected chi connectivity index (χ2v) is 21.5. The van der Waals surface area contributed by atoms with Crippen molar-refractivity contribution in [2.45, 2.75) is 314 Å². The molecule has 0 aromatic rings. The number of rotatable bonds is 53. The van der Waals surface area contributed by atoms with Crippen molar-refractivity contribution >= 4 is 5.91 Å². The largest absolute Gasteiger partial charge is 0.394 e. The molecule has 0 aliphatic carbocycles. The van der Waals surface area contributed by atoms with Crippen LogP contribution in [0.5, 0.6) is 0 Å². The van der Waals surface area contributed by atoms with Crippen LogP contribution in [0, 0.1) is 0 Å². The fourth-order valence-corrected chi connectivity index (χ4v) is 9.61. The van der Waals surface area contributed by atoms with E-state index in [4.69, 9.17) is 9.47 Å². The van der Waals surface area contributed by atoms with E-state index in [-0.39, 0.29) is 12.5 Å². The van der Waals surface area contributed by atoms with Crippen molar-refractivity contribution in [1.82, 2.24) is 5.32 Å². The van der Waals surface area contributed by atoms with E-state index in [9.17, 15) is 30.3 Å². The summed E-state index contributed by atoms with van der Waals surface area (Å²) >= 11 is 0. The van der Waals surface area contributed by atoms with Gasteiger partial charge in [-0.25, -0.2) is 0 Å². The van der Waals surface area contributed by atoms with Crippen molar-refractivity contribution < 1.29 is 39.8 Å². The van der Waals surface area contributed by atoms with Gasteiger partial charge in [0, 0.05) is 6.42 Å². The summed E-state index contributed by atoms with van der Waals surface area (Å²) in [6.45, 7) is 3.73. The van der Waals surface area contributed by atoms with Gasteiger partial charge in [-0.2, -0.15) is 0 Å². The molecule has 1 heterocycles. The highest BCUT2D eigenvalue weighted by atomic mass is 16.7. The molecule has 7 atom stereocenters. The van der Waals surface area contributed by atoms with Gasteiger partial charge in [0.15, 0.2) is 6.29 Å². The third-order valence-corrected chi connectivity index (χ3v) is 14.5. The van der Waals surface area contributed by atoms with Gasteiger partial charge < -0.3 is 40.3 Å². The molecule has 0 bridgehead atoms. The van der Waals surface area contributed by atoms with Crippen molar-refractivity contribution in [2.24, 2.45) is 0 Å². The van der Waals surface area contributed by atoms with Crippen LogP contribution in [0.2, 0.25) is 0 Å². The summed E-state index contributed by atoms with van der Waals surface area (Å²) < 4.78 is 11.3. The average molecular weight is 1050 g/mol. The number of hydrogen-bond acceptors (Lipinski definition) is 8. The number of nitrogens with one attached hydrogen (secondary N) is 1. The molecule has 7 unspecified atom stereocenters. The molecular weight excluding hydrogens is 935 g/mol. The first-order chi connectivity index (χ1) is 36.8. The number of unbranched alkanes of at least 4 members (excludes halogenated alkanes) is 29. The minimum absolute atomic E-state index is 0.138. The molecule has 0 radical (unpaired) electrons. The molecule has 6 N–H and O–H groups in total. The van der Waals surface area contributed by atoms with E-state index in [0.29, 0.717) is 12.8 Å². The molecule has 0 saturated carbocycles. The maximum atomic E-state index is 13.1. The number of allylic oxidation sites excluding steroid dienone is 14. The van der Waals surface area contributed by atoms with E-state index in [0.717, 1.165) is 83.5 Å². The Kier molecular flexibility index (Phi) is 51.3. The lowest BCUT2D eigenvalue weighted by atomic mass is 9.99. The molecular formula is C66H117NO8. The Morgan fingerprint density at radius 1 is 0.467 bits per heavy atom. The number of amides is 1. The number of carbonyl (C=O) groups excluding carboxylic acids is 1. The minimum atomic E-state index is -1.55. The van der Waals surface area contributed by atoms with Crippen molar-refractivity contribution in [3.8, 4) is 0 Å². The second-order valence-electron chi connectivity index (χ2n) is 21.5. The summed E-state index contributed by atoms with van der Waals surface area (Å²) in [6, 6.07) is -0.720. The van der Waals surface area contributed by atoms with E-state index in [1.807, 2.05) is 0 Å². The molecule has 75 heavy (non-hydrogen) atoms. The van der Waals surface area contributed by atoms with Gasteiger partial charge in [-0.3, -0.25) is 4.79 Å². The van der Waals surface area contributed by atoms with Crippen LogP contribution in [0.1, 0.15) is 271 Å². The fourth-order valence-electron chi connectivity index (χ4n) is 9.61. The van der Waals surface area contributed by atoms with Crippen LogP contribution in [0.3, 0.4) is 0 Å². The van der Waals surface area contributed by atoms with Gasteiger partial charge in [0.25, 0.3) is 0 Å². The smallest absolute Gasteiger partial charge is 0.220 e. The Balaban J connectivity index is 2.07. The molecule has 1 saturated heterocycles. The van der Waals surface area contributed by atoms with Crippen LogP contribution in [-0.4, -0.2) is 87.5 Å². The standard InChI is InChI=1S/C66H117NO8/c1-3-5-7-9-11-13-15-17-18-19-20-21-22-23-24-25-26-27-28-29-30-31-32-33-34-35-36-37-38-39-40-41-42-44-46-48-50-52-54-56-62(70)67-59(58-74-66-65(73)64(72)63(71)61(57-68)75-66)60(69)55-53-51-49-47-45-43-16-14-12-10-8-6-4-2/h5,7,11,13,17-18,20-21,23-24,26-27,29-30,59-61,63-66,68-69,71-73H,3-4,6,8-10,12,14-16,19,22,25,28,31-58H2,1-2H3,(H,67,70)/b7-5-,13-11-,18-17-,21-20-,24-23-,27-26-,30-29-. The van der Waals surface area contributed by atoms with Gasteiger partial charge in [0.05, 0.1) is 25.4 Å². The summed E-state index contributed by atoms with van der Waals surface area (Å²) in [7, 11) is 0. The van der Waals surface area contributed by atoms with E-state index in [1.54, 1.807) is 0 Å². The van der Waals surface area contributed by atoms with E-state index >= 15 is 0 Å². The zero-order valence-corrected chi connectivity index (χ0v) is 48.3. The Morgan fingerprint density at radius 3 is 1.23 bits per heavy atom. The number of aliphatic hydroxyl groups is 5. The predicted molar refractivity (Wildman–Crippen MR) is 318 cm³/mol. The SMILES string of the molecule is CC/C=C\C/C=C\C/C=C\C/C=C\C/C=C\C/C=C\C/C=C\CCCCCCCCCCCCCCCCCCCC(=O)NC(COC1OC(CO)C(O)C(O)C1O)C(O)CCCCCCCCCCCCCCC. The fraction of sp³-hybridized carbons (Fsp3) is 0.773. The lowest BCUT2D eigenvalue weighted by Crippen LogP contribution is -2.60. The molecule has 9 nitrogen and oxygen atoms in total. The first-order valence-corrected chi connectivity index (χ1v) is 31.3. The van der Waals surface area contributed by atoms with Crippen molar-refractivity contribution in [3.63, 3.8) is 0 Å². The third kappa shape index (κ3) is 44.0. The zero-order valence-electron chi connectivity index (χ0n) is 48.3. The summed E-state index contributed by atoms with van der Waals surface area (Å²) in [5, 5.41) is 54.6. The highest BCUT2D eigenvalue weighted by Crippen LogP contribution is 2.23. The first-order valence-electron chi connectivity index (χ1n) is 31.3. The van der Waals surface area contributed by atoms with Gasteiger partial charge in [-0.15, -0.1) is 0 Å². The molecule has 1 fully saturated rings. The van der Waals surface area contributed by atoms with Gasteiger partial charge in [-0.05, 0) is 70.6 Å². The molecule has 1 aliphatic rings. The Labute approximate surface area is 461 Å². The van der Waals surface area contributed by atoms with Crippen LogP contribution in [0.15, 0.2) is 85.1 Å². The third-order valence-electron chi connectivity index (χ3n) is 14.5. The van der Waals surface area contributed by atoms with Crippen molar-refractivity contribution in [3.05, 3.63) is 85.1 Å². The van der Waals surface area contributed by atoms with E-state index < -0.39 is 49.5 Å². The second kappa shape index (κ2) is 54.7. The normalized spacial score (nSPS) is 19.5. The van der Waals surface area contributed by atoms with Gasteiger partial charge in [0.2, 0.25) is 5.91 Å². The highest BCUT2D eigenvalue weighted by molar-refractivity contribution is 5.76. The quantitative estimate of drug-likeness (QED) is 0.0261. The number of carbonyl (C=O) groups is 1. The summed E-state index contributed by atoms with van der Waals surface area (Å²) in [6.07, 6.45) is 70.6. The van der Waals surface area contributed by atoms with E-state index in [1.165, 1.54) is 161 Å². The topological polar surface area (TPSA) is 149 Å². The van der Waals surface area contributed by atoms with Gasteiger partial charge >= 0.3 is 0 Å². The Bertz CT molecular complexity index is 1450. The van der Waals surface area contributed by atoms with Crippen LogP contribution in [-0.2, 0) is 14.3 Å². The summed E-state index contributed by atoms with van der Waals surface area (Å²) in [5.41, 5.74) is 0. The van der Waals surface area contributed by atoms with E-state index in [2.05, 4.69) is 104 Å². The molecule has 1 aliphatic heterocycles. The number of ether oxygens (including phenoxy) is 2. The Morgan fingerprint density at radius 2 is 0.827 bits per heavy atom. The molecule has 9 heteroatoms. The molecule has 1 amide bonds. The summed E-state index contributed by atoms with van der Waals surface area (Å²) in [4.78, 5) is 13.1. The summed E-state index contributed by atoms with van der Waals surface area (Å²) in [5.74, 6) is -0.144. The van der Waals surface area contributed by atoms with Gasteiger partial charge in [-0.1, -0.05) is 279 Å². The monoisotopic (exact) mass is 1050 g/mol. The van der Waals surface area contributed by atoms with Crippen molar-refractivity contribution in [1.29, 1.82) is 0 Å². The lowest BCUT2D eigenvalue weighted by molar-refractivity contribution is -0.302. The van der Waals surface area contributed by atoms with Crippen LogP contribution < -0.4 is 5.32 Å². The molecule has 0 spiro atoms. The van der Waals surface area contributed by atoms with Crippen LogP contribution >= 0.6 is 0 Å². The van der Waals surface area contributed by atoms with Crippen LogP contribution in [0.4, 0.5) is 0 Å². The molecule has 0 aromatic heterocycles. The lowest BCUT2D eigenvalue weighted by Gasteiger charge is -2.40. The van der Waals surface area contributed by atoms with Crippen LogP contribution in [0.25, 0.3) is 0 Å². The average Bonchev–Trinajstić information content (AvgIpc) is 3.41. The maximum absolute atomic E-state index is 13.1. The zero-order chi connectivity index (χ0) is 54.3. The number of hydrogen-bond donors (Lipinski definition) is 6. The molecule has 0 aromatic carbocycles. The first kappa shape index (κ1) is 70.4. The predicted octanol–water partition coefficient (Wildman–Crippen LogP) is 16.2. The maximum Gasteiger partial charge on any atom is 0.220 e. The number of aliphatic hydroxyl groups excluding tert-OH is 5. The minimum Gasteiger partial charge on any atom is -0.394 e.